The lowest BCUT2D eigenvalue weighted by Crippen LogP contribution is -2.28. The third kappa shape index (κ3) is 5.17. The minimum atomic E-state index is -0.624. The van der Waals surface area contributed by atoms with Gasteiger partial charge in [0.1, 0.15) is 11.2 Å². The van der Waals surface area contributed by atoms with E-state index in [1.54, 1.807) is 53.7 Å². The van der Waals surface area contributed by atoms with Gasteiger partial charge >= 0.3 is 11.9 Å². The van der Waals surface area contributed by atoms with Crippen molar-refractivity contribution >= 4 is 11.9 Å². The molecule has 0 aromatic heterocycles. The van der Waals surface area contributed by atoms with Crippen LogP contribution in [0, 0.1) is 13.8 Å². The van der Waals surface area contributed by atoms with E-state index in [1.165, 1.54) is 0 Å². The molecule has 0 heterocycles. The smallest absolute Gasteiger partial charge is 0.339 e. The first-order valence-corrected chi connectivity index (χ1v) is 7.38. The van der Waals surface area contributed by atoms with E-state index in [0.29, 0.717) is 0 Å². The third-order valence-electron chi connectivity index (χ3n) is 2.87. The van der Waals surface area contributed by atoms with Gasteiger partial charge in [-0.15, -0.1) is 0 Å². The summed E-state index contributed by atoms with van der Waals surface area (Å²) in [6.07, 6.45) is 0. The number of hydrogen-bond donors (Lipinski definition) is 0. The highest BCUT2D eigenvalue weighted by Gasteiger charge is 2.26. The first kappa shape index (κ1) is 18.2. The van der Waals surface area contributed by atoms with Crippen molar-refractivity contribution in [3.05, 3.63) is 34.4 Å². The molecule has 0 atom stereocenters. The molecule has 122 valence electrons. The van der Waals surface area contributed by atoms with Crippen molar-refractivity contribution in [2.75, 3.05) is 0 Å². The fourth-order valence-corrected chi connectivity index (χ4v) is 1.82. The highest BCUT2D eigenvalue weighted by atomic mass is 16.6. The second kappa shape index (κ2) is 6.11. The molecule has 0 radical (unpaired) electrons. The largest absolute Gasteiger partial charge is 0.456 e. The summed E-state index contributed by atoms with van der Waals surface area (Å²) in [5.74, 6) is -1.03. The molecule has 0 saturated carbocycles. The van der Waals surface area contributed by atoms with Crippen LogP contribution in [0.4, 0.5) is 0 Å². The predicted molar refractivity (Wildman–Crippen MR) is 86.3 cm³/mol. The van der Waals surface area contributed by atoms with Gasteiger partial charge in [-0.05, 0) is 78.6 Å². The van der Waals surface area contributed by atoms with E-state index < -0.39 is 23.1 Å². The number of rotatable bonds is 2. The number of carbonyl (C=O) groups excluding carboxylic acids is 2. The molecule has 0 aliphatic rings. The van der Waals surface area contributed by atoms with Crippen molar-refractivity contribution in [3.8, 4) is 0 Å². The maximum Gasteiger partial charge on any atom is 0.339 e. The Hall–Kier alpha value is -1.84. The highest BCUT2D eigenvalue weighted by molar-refractivity contribution is 6.03. The van der Waals surface area contributed by atoms with Crippen LogP contribution in [0.2, 0.25) is 0 Å². The average molecular weight is 306 g/mol. The Morgan fingerprint density at radius 1 is 0.727 bits per heavy atom. The quantitative estimate of drug-likeness (QED) is 0.768. The van der Waals surface area contributed by atoms with Crippen LogP contribution in [0.3, 0.4) is 0 Å². The van der Waals surface area contributed by atoms with Gasteiger partial charge in [-0.3, -0.25) is 0 Å². The summed E-state index contributed by atoms with van der Waals surface area (Å²) in [5.41, 5.74) is 1.09. The van der Waals surface area contributed by atoms with Crippen molar-refractivity contribution < 1.29 is 19.1 Å². The summed E-state index contributed by atoms with van der Waals surface area (Å²) in [5, 5.41) is 0. The van der Waals surface area contributed by atoms with Crippen LogP contribution >= 0.6 is 0 Å². The molecule has 0 N–H and O–H groups in total. The standard InChI is InChI=1S/C18H26O4/c1-11-9-13(15(19)21-17(3,4)5)14(10-12(11)2)16(20)22-18(6,7)8/h9-10H,1-8H3. The molecule has 0 fully saturated rings. The minimum Gasteiger partial charge on any atom is -0.456 e. The molecule has 4 heteroatoms. The van der Waals surface area contributed by atoms with Gasteiger partial charge < -0.3 is 9.47 Å². The lowest BCUT2D eigenvalue weighted by molar-refractivity contribution is 0.00185. The van der Waals surface area contributed by atoms with E-state index in [0.717, 1.165) is 11.1 Å². The van der Waals surface area contributed by atoms with Crippen molar-refractivity contribution in [3.63, 3.8) is 0 Å². The summed E-state index contributed by atoms with van der Waals surface area (Å²) < 4.78 is 10.8. The minimum absolute atomic E-state index is 0.243. The molecule has 0 saturated heterocycles. The summed E-state index contributed by atoms with van der Waals surface area (Å²) >= 11 is 0. The van der Waals surface area contributed by atoms with E-state index >= 15 is 0 Å². The monoisotopic (exact) mass is 306 g/mol. The van der Waals surface area contributed by atoms with Crippen LogP contribution < -0.4 is 0 Å². The van der Waals surface area contributed by atoms with Gasteiger partial charge in [0.25, 0.3) is 0 Å². The molecule has 22 heavy (non-hydrogen) atoms. The fraction of sp³-hybridized carbons (Fsp3) is 0.556. The van der Waals surface area contributed by atoms with Gasteiger partial charge in [0, 0.05) is 0 Å². The van der Waals surface area contributed by atoms with Crippen LogP contribution in [0.25, 0.3) is 0 Å². The second-order valence-electron chi connectivity index (χ2n) is 7.49. The van der Waals surface area contributed by atoms with Gasteiger partial charge in [-0.25, -0.2) is 9.59 Å². The van der Waals surface area contributed by atoms with E-state index in [2.05, 4.69) is 0 Å². The Morgan fingerprint density at radius 3 is 1.23 bits per heavy atom. The normalized spacial score (nSPS) is 12.0. The van der Waals surface area contributed by atoms with Crippen LogP contribution in [0.5, 0.6) is 0 Å². The predicted octanol–water partition coefficient (Wildman–Crippen LogP) is 4.21. The van der Waals surface area contributed by atoms with Crippen molar-refractivity contribution in [1.29, 1.82) is 0 Å². The number of ether oxygens (including phenoxy) is 2. The number of benzene rings is 1. The second-order valence-corrected chi connectivity index (χ2v) is 7.49. The van der Waals surface area contributed by atoms with Gasteiger partial charge in [0.05, 0.1) is 11.1 Å². The zero-order valence-electron chi connectivity index (χ0n) is 14.8. The molecule has 0 unspecified atom stereocenters. The number of esters is 2. The lowest BCUT2D eigenvalue weighted by atomic mass is 9.99. The Labute approximate surface area is 132 Å². The molecular formula is C18H26O4. The molecular weight excluding hydrogens is 280 g/mol. The highest BCUT2D eigenvalue weighted by Crippen LogP contribution is 2.22. The van der Waals surface area contributed by atoms with Gasteiger partial charge in [-0.1, -0.05) is 0 Å². The van der Waals surface area contributed by atoms with E-state index in [1.807, 2.05) is 13.8 Å². The molecule has 0 bridgehead atoms. The summed E-state index contributed by atoms with van der Waals surface area (Å²) in [6.45, 7) is 14.5. The van der Waals surface area contributed by atoms with Crippen molar-refractivity contribution in [2.45, 2.75) is 66.6 Å². The van der Waals surface area contributed by atoms with E-state index in [4.69, 9.17) is 9.47 Å². The Morgan fingerprint density at radius 2 is 1.00 bits per heavy atom. The fourth-order valence-electron chi connectivity index (χ4n) is 1.82. The zero-order chi connectivity index (χ0) is 17.3. The van der Waals surface area contributed by atoms with Crippen LogP contribution in [-0.2, 0) is 9.47 Å². The van der Waals surface area contributed by atoms with Gasteiger partial charge in [0.15, 0.2) is 0 Å². The number of aryl methyl sites for hydroxylation is 2. The first-order chi connectivity index (χ1) is 9.80. The molecule has 1 rings (SSSR count). The molecule has 4 nitrogen and oxygen atoms in total. The third-order valence-corrected chi connectivity index (χ3v) is 2.87. The SMILES string of the molecule is Cc1cc(C(=O)OC(C)(C)C)c(C(=O)OC(C)(C)C)cc1C. The molecule has 0 spiro atoms. The summed E-state index contributed by atoms with van der Waals surface area (Å²) in [4.78, 5) is 24.8. The first-order valence-electron chi connectivity index (χ1n) is 7.38. The number of carbonyl (C=O) groups is 2. The average Bonchev–Trinajstić information content (AvgIpc) is 2.27. The number of hydrogen-bond acceptors (Lipinski definition) is 4. The maximum atomic E-state index is 12.4. The van der Waals surface area contributed by atoms with Crippen LogP contribution in [0.15, 0.2) is 12.1 Å². The Kier molecular flexibility index (Phi) is 5.06. The molecule has 1 aromatic carbocycles. The lowest BCUT2D eigenvalue weighted by Gasteiger charge is -2.23. The Bertz CT molecular complexity index is 533. The zero-order valence-corrected chi connectivity index (χ0v) is 14.8. The maximum absolute atomic E-state index is 12.4. The summed E-state index contributed by atoms with van der Waals surface area (Å²) in [7, 11) is 0. The van der Waals surface area contributed by atoms with Crippen LogP contribution in [-0.4, -0.2) is 23.1 Å². The topological polar surface area (TPSA) is 52.6 Å². The van der Waals surface area contributed by atoms with Crippen molar-refractivity contribution in [2.24, 2.45) is 0 Å². The summed E-state index contributed by atoms with van der Waals surface area (Å²) in [6, 6.07) is 3.37. The van der Waals surface area contributed by atoms with Crippen LogP contribution in [0.1, 0.15) is 73.4 Å². The molecule has 0 amide bonds. The van der Waals surface area contributed by atoms with E-state index in [9.17, 15) is 9.59 Å². The van der Waals surface area contributed by atoms with Gasteiger partial charge in [0.2, 0.25) is 0 Å². The van der Waals surface area contributed by atoms with E-state index in [-0.39, 0.29) is 11.1 Å². The molecule has 0 aliphatic carbocycles. The Balaban J connectivity index is 3.29. The van der Waals surface area contributed by atoms with Gasteiger partial charge in [-0.2, -0.15) is 0 Å². The molecule has 1 aromatic rings. The van der Waals surface area contributed by atoms with Crippen molar-refractivity contribution in [1.82, 2.24) is 0 Å². The molecule has 0 aliphatic heterocycles.